The number of ketones is 1. The molecule has 6 heteroatoms. The third-order valence-corrected chi connectivity index (χ3v) is 4.30. The molecule has 0 radical (unpaired) electrons. The summed E-state index contributed by atoms with van der Waals surface area (Å²) in [5.41, 5.74) is 1.34. The Kier molecular flexibility index (Phi) is 5.26. The van der Waals surface area contributed by atoms with Crippen molar-refractivity contribution in [1.29, 1.82) is 0 Å². The lowest BCUT2D eigenvalue weighted by Crippen LogP contribution is -2.42. The van der Waals surface area contributed by atoms with Gasteiger partial charge < -0.3 is 4.74 Å². The van der Waals surface area contributed by atoms with E-state index in [-0.39, 0.29) is 11.6 Å². The summed E-state index contributed by atoms with van der Waals surface area (Å²) in [5.74, 6) is -0.333. The number of pyridine rings is 1. The standard InChI is InChI=1S/C21H23FN2O3/c1-21(2,3)27-20(26)24-11-10-19(25)18(24)13-16-8-5-9-17(23-16)14-6-4-7-15(22)12-14/h4-9,12,18H,10-11,13H2,1-3H3. The summed E-state index contributed by atoms with van der Waals surface area (Å²) >= 11 is 0. The number of likely N-dealkylation sites (tertiary alicyclic amines) is 1. The summed E-state index contributed by atoms with van der Waals surface area (Å²) in [4.78, 5) is 30.8. The molecule has 142 valence electrons. The SMILES string of the molecule is CC(C)(C)OC(=O)N1CCC(=O)C1Cc1cccc(-c2cccc(F)c2)n1. The van der Waals surface area contributed by atoms with Crippen LogP contribution in [0, 0.1) is 5.82 Å². The van der Waals surface area contributed by atoms with E-state index in [0.717, 1.165) is 0 Å². The first-order chi connectivity index (χ1) is 12.7. The molecule has 2 heterocycles. The lowest BCUT2D eigenvalue weighted by atomic mass is 10.1. The highest BCUT2D eigenvalue weighted by Crippen LogP contribution is 2.23. The van der Waals surface area contributed by atoms with E-state index >= 15 is 0 Å². The molecule has 1 aromatic carbocycles. The predicted octanol–water partition coefficient (Wildman–Crippen LogP) is 4.01. The monoisotopic (exact) mass is 370 g/mol. The van der Waals surface area contributed by atoms with Crippen LogP contribution in [-0.2, 0) is 16.0 Å². The van der Waals surface area contributed by atoms with Gasteiger partial charge in [-0.15, -0.1) is 0 Å². The number of hydrogen-bond donors (Lipinski definition) is 0. The largest absolute Gasteiger partial charge is 0.444 e. The highest BCUT2D eigenvalue weighted by molar-refractivity contribution is 5.91. The fourth-order valence-electron chi connectivity index (χ4n) is 3.09. The first kappa shape index (κ1) is 19.0. The minimum Gasteiger partial charge on any atom is -0.444 e. The molecule has 1 aliphatic rings. The van der Waals surface area contributed by atoms with Gasteiger partial charge >= 0.3 is 6.09 Å². The number of amides is 1. The Morgan fingerprint density at radius 3 is 2.70 bits per heavy atom. The molecule has 0 N–H and O–H groups in total. The summed E-state index contributed by atoms with van der Waals surface area (Å²) < 4.78 is 18.9. The summed E-state index contributed by atoms with van der Waals surface area (Å²) in [6.07, 6.45) is 0.133. The van der Waals surface area contributed by atoms with Gasteiger partial charge in [0.1, 0.15) is 11.4 Å². The summed E-state index contributed by atoms with van der Waals surface area (Å²) in [5, 5.41) is 0. The molecule has 1 amide bonds. The van der Waals surface area contributed by atoms with Crippen LogP contribution in [0.25, 0.3) is 11.3 Å². The topological polar surface area (TPSA) is 59.5 Å². The van der Waals surface area contributed by atoms with Crippen LogP contribution in [-0.4, -0.2) is 39.9 Å². The van der Waals surface area contributed by atoms with Crippen LogP contribution in [0.3, 0.4) is 0 Å². The molecular formula is C21H23FN2O3. The van der Waals surface area contributed by atoms with Crippen LogP contribution in [0.4, 0.5) is 9.18 Å². The van der Waals surface area contributed by atoms with Crippen LogP contribution < -0.4 is 0 Å². The number of Topliss-reactive ketones (excluding diaryl/α,β-unsaturated/α-hetero) is 1. The molecule has 1 aliphatic heterocycles. The van der Waals surface area contributed by atoms with E-state index in [0.29, 0.717) is 36.3 Å². The van der Waals surface area contributed by atoms with Crippen molar-refractivity contribution in [2.75, 3.05) is 6.54 Å². The van der Waals surface area contributed by atoms with Crippen LogP contribution in [0.2, 0.25) is 0 Å². The molecule has 1 saturated heterocycles. The molecule has 0 saturated carbocycles. The smallest absolute Gasteiger partial charge is 0.410 e. The van der Waals surface area contributed by atoms with Gasteiger partial charge in [-0.25, -0.2) is 9.18 Å². The van der Waals surface area contributed by atoms with E-state index in [2.05, 4.69) is 4.98 Å². The minimum atomic E-state index is -0.622. The van der Waals surface area contributed by atoms with Crippen molar-refractivity contribution in [3.63, 3.8) is 0 Å². The second-order valence-corrected chi connectivity index (χ2v) is 7.63. The van der Waals surface area contributed by atoms with Crippen LogP contribution in [0.5, 0.6) is 0 Å². The Bertz CT molecular complexity index is 861. The van der Waals surface area contributed by atoms with E-state index in [9.17, 15) is 14.0 Å². The maximum absolute atomic E-state index is 13.5. The van der Waals surface area contributed by atoms with Gasteiger partial charge in [-0.2, -0.15) is 0 Å². The molecule has 2 aromatic rings. The molecule has 3 rings (SSSR count). The Morgan fingerprint density at radius 2 is 2.00 bits per heavy atom. The Labute approximate surface area is 158 Å². The van der Waals surface area contributed by atoms with E-state index in [1.807, 2.05) is 12.1 Å². The first-order valence-corrected chi connectivity index (χ1v) is 8.97. The maximum Gasteiger partial charge on any atom is 0.410 e. The van der Waals surface area contributed by atoms with E-state index in [1.54, 1.807) is 39.0 Å². The van der Waals surface area contributed by atoms with Crippen LogP contribution >= 0.6 is 0 Å². The van der Waals surface area contributed by atoms with Crippen molar-refractivity contribution >= 4 is 11.9 Å². The number of hydrogen-bond acceptors (Lipinski definition) is 4. The van der Waals surface area contributed by atoms with Gasteiger partial charge in [0.2, 0.25) is 0 Å². The molecule has 0 bridgehead atoms. The summed E-state index contributed by atoms with van der Waals surface area (Å²) in [7, 11) is 0. The Morgan fingerprint density at radius 1 is 1.26 bits per heavy atom. The molecule has 0 aliphatic carbocycles. The Hall–Kier alpha value is -2.76. The third kappa shape index (κ3) is 4.70. The average Bonchev–Trinajstić information content (AvgIpc) is 2.95. The maximum atomic E-state index is 13.5. The van der Waals surface area contributed by atoms with Gasteiger partial charge in [-0.05, 0) is 45.0 Å². The lowest BCUT2D eigenvalue weighted by molar-refractivity contribution is -0.120. The lowest BCUT2D eigenvalue weighted by Gasteiger charge is -2.27. The zero-order valence-electron chi connectivity index (χ0n) is 15.7. The van der Waals surface area contributed by atoms with Gasteiger partial charge in [0.25, 0.3) is 0 Å². The highest BCUT2D eigenvalue weighted by Gasteiger charge is 2.38. The van der Waals surface area contributed by atoms with Crippen molar-refractivity contribution in [1.82, 2.24) is 9.88 Å². The highest BCUT2D eigenvalue weighted by atomic mass is 19.1. The number of nitrogens with zero attached hydrogens (tertiary/aromatic N) is 2. The van der Waals surface area contributed by atoms with E-state index in [4.69, 9.17) is 4.74 Å². The fourth-order valence-corrected chi connectivity index (χ4v) is 3.09. The number of carbonyl (C=O) groups is 2. The average molecular weight is 370 g/mol. The zero-order chi connectivity index (χ0) is 19.6. The number of benzene rings is 1. The number of carbonyl (C=O) groups excluding carboxylic acids is 2. The van der Waals surface area contributed by atoms with Crippen molar-refractivity contribution in [2.45, 2.75) is 45.3 Å². The summed E-state index contributed by atoms with van der Waals surface area (Å²) in [6.45, 7) is 5.73. The van der Waals surface area contributed by atoms with Crippen molar-refractivity contribution in [3.8, 4) is 11.3 Å². The molecule has 27 heavy (non-hydrogen) atoms. The van der Waals surface area contributed by atoms with Crippen molar-refractivity contribution in [3.05, 3.63) is 54.0 Å². The van der Waals surface area contributed by atoms with Gasteiger partial charge in [-0.3, -0.25) is 14.7 Å². The molecule has 1 fully saturated rings. The normalized spacial score (nSPS) is 17.3. The van der Waals surface area contributed by atoms with Crippen LogP contribution in [0.15, 0.2) is 42.5 Å². The molecule has 0 spiro atoms. The van der Waals surface area contributed by atoms with Gasteiger partial charge in [0.05, 0.1) is 11.7 Å². The molecule has 1 atom stereocenters. The van der Waals surface area contributed by atoms with Crippen molar-refractivity contribution < 1.29 is 18.7 Å². The number of rotatable bonds is 3. The van der Waals surface area contributed by atoms with E-state index in [1.165, 1.54) is 17.0 Å². The summed E-state index contributed by atoms with van der Waals surface area (Å²) in [6, 6.07) is 11.0. The third-order valence-electron chi connectivity index (χ3n) is 4.30. The first-order valence-electron chi connectivity index (χ1n) is 8.97. The minimum absolute atomic E-state index is 0.00109. The number of ether oxygens (including phenoxy) is 1. The number of aromatic nitrogens is 1. The zero-order valence-corrected chi connectivity index (χ0v) is 15.7. The fraction of sp³-hybridized carbons (Fsp3) is 0.381. The van der Waals surface area contributed by atoms with Gasteiger partial charge in [-0.1, -0.05) is 18.2 Å². The van der Waals surface area contributed by atoms with Crippen molar-refractivity contribution in [2.24, 2.45) is 0 Å². The molecule has 1 unspecified atom stereocenters. The molecular weight excluding hydrogens is 347 g/mol. The second-order valence-electron chi connectivity index (χ2n) is 7.63. The van der Waals surface area contributed by atoms with Gasteiger partial charge in [0.15, 0.2) is 5.78 Å². The quantitative estimate of drug-likeness (QED) is 0.819. The van der Waals surface area contributed by atoms with Crippen LogP contribution in [0.1, 0.15) is 32.9 Å². The predicted molar refractivity (Wildman–Crippen MR) is 99.7 cm³/mol. The van der Waals surface area contributed by atoms with E-state index < -0.39 is 17.7 Å². The second kappa shape index (κ2) is 7.47. The number of halogens is 1. The Balaban J connectivity index is 1.80. The molecule has 5 nitrogen and oxygen atoms in total. The molecule has 1 aromatic heterocycles. The van der Waals surface area contributed by atoms with Gasteiger partial charge in [0, 0.05) is 30.6 Å².